The molecule has 16 heteroatoms. The van der Waals surface area contributed by atoms with E-state index in [9.17, 15) is 39.3 Å². The molecule has 0 aliphatic carbocycles. The monoisotopic (exact) mass is 744 g/mol. The lowest BCUT2D eigenvalue weighted by Gasteiger charge is -2.34. The maximum atomic E-state index is 13.8. The van der Waals surface area contributed by atoms with Crippen LogP contribution in [0.2, 0.25) is 0 Å². The molecule has 0 spiro atoms. The van der Waals surface area contributed by atoms with Gasteiger partial charge in [-0.05, 0) is 79.9 Å². The molecule has 2 aliphatic rings. The van der Waals surface area contributed by atoms with Crippen LogP contribution in [0.1, 0.15) is 63.1 Å². The predicted molar refractivity (Wildman–Crippen MR) is 159 cm³/mol. The summed E-state index contributed by atoms with van der Waals surface area (Å²) in [4.78, 5) is 0. The van der Waals surface area contributed by atoms with Crippen LogP contribution in [0.5, 0.6) is 0 Å². The van der Waals surface area contributed by atoms with E-state index in [1.54, 1.807) is 0 Å². The Kier molecular flexibility index (Phi) is 15.4. The number of hydrogen-bond donors (Lipinski definition) is 1. The van der Waals surface area contributed by atoms with E-state index in [2.05, 4.69) is 20.3 Å². The molecule has 0 radical (unpaired) electrons. The van der Waals surface area contributed by atoms with E-state index < -0.39 is 51.6 Å². The quantitative estimate of drug-likeness (QED) is 0.313. The Morgan fingerprint density at radius 1 is 0.818 bits per heavy atom. The first-order chi connectivity index (χ1) is 19.7. The third kappa shape index (κ3) is 12.6. The van der Waals surface area contributed by atoms with Crippen LogP contribution in [0.25, 0.3) is 0 Å². The van der Waals surface area contributed by atoms with Crippen LogP contribution in [0.3, 0.4) is 0 Å². The van der Waals surface area contributed by atoms with Gasteiger partial charge in [0.25, 0.3) is 0 Å². The standard InChI is InChI=1S/C12H13F4NO.C9H17NO2S.C7H3BrF4.ClH/c13-10-7-8(12(14,15)16)1-2-9(10)11(17)3-5-18-6-4-11;1-9(2,3)13(11)10-8-4-6-12-7-5-8;8-5-2-1-4(3-6(5)9)7(10,11)12;/h1-2,7H,3-6,17H2;4-7H2,1-3H3;1-3H;1H. The van der Waals surface area contributed by atoms with Crippen molar-refractivity contribution in [3.63, 3.8) is 0 Å². The molecule has 4 rings (SSSR count). The summed E-state index contributed by atoms with van der Waals surface area (Å²) in [6.45, 7) is 8.03. The van der Waals surface area contributed by atoms with Gasteiger partial charge in [-0.15, -0.1) is 12.4 Å². The average Bonchev–Trinajstić information content (AvgIpc) is 2.90. The van der Waals surface area contributed by atoms with Crippen molar-refractivity contribution < 1.29 is 48.8 Å². The molecule has 0 amide bonds. The zero-order valence-electron chi connectivity index (χ0n) is 24.1. The van der Waals surface area contributed by atoms with E-state index in [1.165, 1.54) is 0 Å². The molecule has 2 saturated heterocycles. The van der Waals surface area contributed by atoms with E-state index in [0.717, 1.165) is 56.0 Å². The summed E-state index contributed by atoms with van der Waals surface area (Å²) in [5.74, 6) is -1.82. The first kappa shape index (κ1) is 40.4. The van der Waals surface area contributed by atoms with Gasteiger partial charge in [0.05, 0.1) is 33.6 Å². The number of nitrogens with two attached hydrogens (primary N) is 1. The predicted octanol–water partition coefficient (Wildman–Crippen LogP) is 8.54. The van der Waals surface area contributed by atoms with Crippen LogP contribution >= 0.6 is 28.3 Å². The summed E-state index contributed by atoms with van der Waals surface area (Å²) in [5.41, 5.74) is 4.28. The summed E-state index contributed by atoms with van der Waals surface area (Å²) in [6, 6.07) is 4.78. The van der Waals surface area contributed by atoms with Gasteiger partial charge in [0.2, 0.25) is 0 Å². The van der Waals surface area contributed by atoms with Gasteiger partial charge >= 0.3 is 12.4 Å². The Morgan fingerprint density at radius 3 is 1.70 bits per heavy atom. The lowest BCUT2D eigenvalue weighted by Crippen LogP contribution is -2.42. The summed E-state index contributed by atoms with van der Waals surface area (Å²) in [5, 5.41) is 0. The number of nitrogens with zero attached hydrogens (tertiary/aromatic N) is 1. The fraction of sp³-hybridized carbons (Fsp3) is 0.536. The van der Waals surface area contributed by atoms with E-state index in [4.69, 9.17) is 15.2 Å². The molecule has 1 atom stereocenters. The zero-order chi connectivity index (χ0) is 32.6. The first-order valence-corrected chi connectivity index (χ1v) is 15.0. The van der Waals surface area contributed by atoms with Crippen LogP contribution in [0, 0.1) is 11.6 Å². The lowest BCUT2D eigenvalue weighted by molar-refractivity contribution is -0.138. The van der Waals surface area contributed by atoms with Crippen LogP contribution < -0.4 is 5.73 Å². The Labute approximate surface area is 268 Å². The van der Waals surface area contributed by atoms with Crippen molar-refractivity contribution in [1.82, 2.24) is 0 Å². The Morgan fingerprint density at radius 2 is 1.27 bits per heavy atom. The molecule has 2 fully saturated rings. The van der Waals surface area contributed by atoms with Gasteiger partial charge in [0.1, 0.15) is 22.6 Å². The number of ether oxygens (including phenoxy) is 2. The fourth-order valence-electron chi connectivity index (χ4n) is 3.73. The van der Waals surface area contributed by atoms with Crippen molar-refractivity contribution in [2.24, 2.45) is 10.1 Å². The number of alkyl halides is 6. The molecule has 250 valence electrons. The van der Waals surface area contributed by atoms with Crippen molar-refractivity contribution >= 4 is 45.0 Å². The van der Waals surface area contributed by atoms with Gasteiger partial charge in [0, 0.05) is 42.9 Å². The zero-order valence-corrected chi connectivity index (χ0v) is 27.3. The fourth-order valence-corrected chi connectivity index (χ4v) is 4.66. The van der Waals surface area contributed by atoms with E-state index in [0.29, 0.717) is 38.2 Å². The molecule has 5 nitrogen and oxygen atoms in total. The minimum atomic E-state index is -4.54. The first-order valence-electron chi connectivity index (χ1n) is 13.1. The molecular formula is C28H34BrClF8N2O3S. The molecule has 2 aromatic rings. The molecule has 44 heavy (non-hydrogen) atoms. The van der Waals surface area contributed by atoms with E-state index in [-0.39, 0.29) is 27.2 Å². The second-order valence-corrected chi connectivity index (χ2v) is 13.5. The molecule has 2 N–H and O–H groups in total. The number of halogens is 10. The molecule has 1 unspecified atom stereocenters. The maximum absolute atomic E-state index is 13.8. The minimum absolute atomic E-state index is 0. The van der Waals surface area contributed by atoms with Crippen LogP contribution in [0.4, 0.5) is 35.1 Å². The second-order valence-electron chi connectivity index (χ2n) is 10.7. The molecule has 0 saturated carbocycles. The number of benzene rings is 2. The summed E-state index contributed by atoms with van der Waals surface area (Å²) < 4.78 is 125. The highest BCUT2D eigenvalue weighted by atomic mass is 79.9. The van der Waals surface area contributed by atoms with Crippen molar-refractivity contribution in [1.29, 1.82) is 0 Å². The normalized spacial score (nSPS) is 17.6. The molecule has 2 heterocycles. The molecule has 2 aliphatic heterocycles. The summed E-state index contributed by atoms with van der Waals surface area (Å²) in [6.07, 6.45) is -6.56. The van der Waals surface area contributed by atoms with Gasteiger partial charge in [-0.25, -0.2) is 13.0 Å². The highest BCUT2D eigenvalue weighted by Gasteiger charge is 2.36. The molecular weight excluding hydrogens is 712 g/mol. The topological polar surface area (TPSA) is 73.9 Å². The van der Waals surface area contributed by atoms with Gasteiger partial charge in [-0.2, -0.15) is 30.7 Å². The SMILES string of the molecule is CC(C)(C)S(=O)N=C1CCOCC1.Cl.Fc1cc(C(F)(F)F)ccc1Br.NC1(c2ccc(C(F)(F)F)cc2F)CCOCC1. The van der Waals surface area contributed by atoms with E-state index in [1.807, 2.05) is 20.8 Å². The van der Waals surface area contributed by atoms with Gasteiger partial charge in [-0.3, -0.25) is 0 Å². The molecule has 2 aromatic carbocycles. The van der Waals surface area contributed by atoms with Crippen molar-refractivity contribution in [2.75, 3.05) is 26.4 Å². The van der Waals surface area contributed by atoms with Crippen molar-refractivity contribution in [3.05, 3.63) is 69.2 Å². The second kappa shape index (κ2) is 16.8. The highest BCUT2D eigenvalue weighted by Crippen LogP contribution is 2.35. The Bertz CT molecular complexity index is 1270. The third-order valence-corrected chi connectivity index (χ3v) is 8.39. The van der Waals surface area contributed by atoms with Gasteiger partial charge in [0.15, 0.2) is 0 Å². The molecule has 0 bridgehead atoms. The lowest BCUT2D eigenvalue weighted by atomic mass is 9.83. The van der Waals surface area contributed by atoms with Crippen LogP contribution in [-0.2, 0) is 38.4 Å². The highest BCUT2D eigenvalue weighted by molar-refractivity contribution is 9.10. The van der Waals surface area contributed by atoms with Crippen LogP contribution in [-0.4, -0.2) is 41.1 Å². The summed E-state index contributed by atoms with van der Waals surface area (Å²) >= 11 is 2.75. The molecule has 0 aromatic heterocycles. The third-order valence-electron chi connectivity index (χ3n) is 6.27. The van der Waals surface area contributed by atoms with E-state index >= 15 is 0 Å². The van der Waals surface area contributed by atoms with Crippen molar-refractivity contribution in [2.45, 2.75) is 69.1 Å². The summed E-state index contributed by atoms with van der Waals surface area (Å²) in [7, 11) is -1.10. The van der Waals surface area contributed by atoms with Gasteiger partial charge < -0.3 is 15.2 Å². The maximum Gasteiger partial charge on any atom is 0.416 e. The smallest absolute Gasteiger partial charge is 0.381 e. The number of rotatable bonds is 2. The van der Waals surface area contributed by atoms with Gasteiger partial charge in [-0.1, -0.05) is 6.07 Å². The largest absolute Gasteiger partial charge is 0.416 e. The minimum Gasteiger partial charge on any atom is -0.381 e. The Hall–Kier alpha value is -1.65. The van der Waals surface area contributed by atoms with Crippen molar-refractivity contribution in [3.8, 4) is 0 Å². The number of hydrogen-bond acceptors (Lipinski definition) is 4. The average molecular weight is 746 g/mol. The Balaban J connectivity index is 0.000000336. The van der Waals surface area contributed by atoms with Crippen LogP contribution in [0.15, 0.2) is 45.3 Å².